The number of nitrogens with zero attached hydrogens (tertiary/aromatic N) is 2. The minimum atomic E-state index is -0.0311. The van der Waals surface area contributed by atoms with Gasteiger partial charge < -0.3 is 0 Å². The number of rotatable bonds is 3. The Morgan fingerprint density at radius 1 is 1.35 bits per heavy atom. The van der Waals surface area contributed by atoms with Crippen LogP contribution in [0, 0.1) is 0 Å². The first kappa shape index (κ1) is 11.9. The van der Waals surface area contributed by atoms with E-state index in [2.05, 4.69) is 5.10 Å². The molecule has 0 N–H and O–H groups in total. The molecule has 0 spiro atoms. The van der Waals surface area contributed by atoms with Crippen molar-refractivity contribution in [1.29, 1.82) is 0 Å². The molecular formula is C13H13ClN2O. The van der Waals surface area contributed by atoms with E-state index in [0.717, 1.165) is 12.1 Å². The van der Waals surface area contributed by atoms with Crippen LogP contribution in [0.5, 0.6) is 0 Å². The summed E-state index contributed by atoms with van der Waals surface area (Å²) in [7, 11) is 1.78. The first-order valence-corrected chi connectivity index (χ1v) is 5.82. The predicted molar refractivity (Wildman–Crippen MR) is 67.5 cm³/mol. The van der Waals surface area contributed by atoms with E-state index in [1.807, 2.05) is 13.0 Å². The summed E-state index contributed by atoms with van der Waals surface area (Å²) >= 11 is 5.79. The molecule has 2 aromatic rings. The Bertz CT molecular complexity index is 543. The number of carbonyl (C=O) groups is 1. The highest BCUT2D eigenvalue weighted by Gasteiger charge is 2.14. The second kappa shape index (κ2) is 4.72. The largest absolute Gasteiger partial charge is 0.287 e. The number of benzene rings is 1. The van der Waals surface area contributed by atoms with Crippen LogP contribution >= 0.6 is 11.6 Å². The minimum absolute atomic E-state index is 0.0311. The first-order chi connectivity index (χ1) is 8.11. The lowest BCUT2D eigenvalue weighted by Gasteiger charge is -2.01. The van der Waals surface area contributed by atoms with Gasteiger partial charge in [0.2, 0.25) is 5.78 Å². The van der Waals surface area contributed by atoms with Crippen molar-refractivity contribution in [3.8, 4) is 0 Å². The maximum Gasteiger partial charge on any atom is 0.211 e. The molecule has 0 bridgehead atoms. The van der Waals surface area contributed by atoms with Gasteiger partial charge in [-0.3, -0.25) is 9.48 Å². The Morgan fingerprint density at radius 3 is 2.53 bits per heavy atom. The van der Waals surface area contributed by atoms with E-state index in [0.29, 0.717) is 16.3 Å². The molecule has 0 fully saturated rings. The number of carbonyl (C=O) groups excluding carboxylic acids is 1. The van der Waals surface area contributed by atoms with Crippen molar-refractivity contribution in [1.82, 2.24) is 9.78 Å². The number of ketones is 1. The third-order valence-electron chi connectivity index (χ3n) is 2.63. The first-order valence-electron chi connectivity index (χ1n) is 5.45. The summed E-state index contributed by atoms with van der Waals surface area (Å²) < 4.78 is 1.62. The van der Waals surface area contributed by atoms with Crippen LogP contribution in [0.2, 0.25) is 5.02 Å². The normalized spacial score (nSPS) is 10.5. The van der Waals surface area contributed by atoms with Gasteiger partial charge in [0.1, 0.15) is 5.69 Å². The molecule has 1 heterocycles. The maximum atomic E-state index is 12.2. The fourth-order valence-electron chi connectivity index (χ4n) is 1.66. The third kappa shape index (κ3) is 2.39. The zero-order valence-corrected chi connectivity index (χ0v) is 10.5. The molecule has 3 nitrogen and oxygen atoms in total. The summed E-state index contributed by atoms with van der Waals surface area (Å²) in [5, 5.41) is 4.89. The van der Waals surface area contributed by atoms with E-state index < -0.39 is 0 Å². The van der Waals surface area contributed by atoms with Crippen LogP contribution in [0.4, 0.5) is 0 Å². The highest BCUT2D eigenvalue weighted by atomic mass is 35.5. The fraction of sp³-hybridized carbons (Fsp3) is 0.231. The van der Waals surface area contributed by atoms with E-state index >= 15 is 0 Å². The molecule has 17 heavy (non-hydrogen) atoms. The smallest absolute Gasteiger partial charge is 0.211 e. The SMILES string of the molecule is CCc1cc(C(=O)c2ccc(Cl)cc2)n(C)n1. The molecule has 0 saturated carbocycles. The summed E-state index contributed by atoms with van der Waals surface area (Å²) in [6, 6.07) is 8.71. The number of halogens is 1. The van der Waals surface area contributed by atoms with Gasteiger partial charge in [-0.15, -0.1) is 0 Å². The maximum absolute atomic E-state index is 12.2. The lowest BCUT2D eigenvalue weighted by molar-refractivity contribution is 0.103. The second-order valence-electron chi connectivity index (χ2n) is 3.83. The van der Waals surface area contributed by atoms with Crippen LogP contribution in [-0.4, -0.2) is 15.6 Å². The standard InChI is InChI=1S/C13H13ClN2O/c1-3-11-8-12(16(2)15-11)13(17)9-4-6-10(14)7-5-9/h4-8H,3H2,1-2H3. The number of aryl methyl sites for hydroxylation is 2. The molecule has 1 aromatic carbocycles. The lowest BCUT2D eigenvalue weighted by atomic mass is 10.1. The number of aromatic nitrogens is 2. The zero-order valence-electron chi connectivity index (χ0n) is 9.77. The Kier molecular flexibility index (Phi) is 3.29. The van der Waals surface area contributed by atoms with Crippen molar-refractivity contribution in [2.75, 3.05) is 0 Å². The van der Waals surface area contributed by atoms with Gasteiger partial charge in [-0.1, -0.05) is 18.5 Å². The summed E-state index contributed by atoms with van der Waals surface area (Å²) in [6.45, 7) is 2.01. The van der Waals surface area contributed by atoms with Gasteiger partial charge in [-0.25, -0.2) is 0 Å². The molecule has 88 valence electrons. The summed E-state index contributed by atoms with van der Waals surface area (Å²) in [4.78, 5) is 12.2. The minimum Gasteiger partial charge on any atom is -0.287 e. The fourth-order valence-corrected chi connectivity index (χ4v) is 1.79. The Morgan fingerprint density at radius 2 is 2.00 bits per heavy atom. The zero-order chi connectivity index (χ0) is 12.4. The van der Waals surface area contributed by atoms with Crippen LogP contribution in [0.3, 0.4) is 0 Å². The van der Waals surface area contributed by atoms with E-state index in [9.17, 15) is 4.79 Å². The van der Waals surface area contributed by atoms with Crippen LogP contribution in [0.1, 0.15) is 28.7 Å². The molecule has 1 aromatic heterocycles. The summed E-state index contributed by atoms with van der Waals surface area (Å²) in [5.41, 5.74) is 2.15. The molecular weight excluding hydrogens is 236 g/mol. The third-order valence-corrected chi connectivity index (χ3v) is 2.88. The van der Waals surface area contributed by atoms with Crippen LogP contribution in [0.15, 0.2) is 30.3 Å². The lowest BCUT2D eigenvalue weighted by Crippen LogP contribution is -2.07. The number of hydrogen-bond acceptors (Lipinski definition) is 2. The van der Waals surface area contributed by atoms with Crippen molar-refractivity contribution < 1.29 is 4.79 Å². The Labute approximate surface area is 105 Å². The molecule has 0 amide bonds. The van der Waals surface area contributed by atoms with Crippen molar-refractivity contribution in [3.63, 3.8) is 0 Å². The molecule has 0 aliphatic rings. The molecule has 0 aliphatic carbocycles. The van der Waals surface area contributed by atoms with Crippen LogP contribution < -0.4 is 0 Å². The van der Waals surface area contributed by atoms with Gasteiger partial charge in [0.25, 0.3) is 0 Å². The second-order valence-corrected chi connectivity index (χ2v) is 4.27. The van der Waals surface area contributed by atoms with E-state index in [-0.39, 0.29) is 5.78 Å². The monoisotopic (exact) mass is 248 g/mol. The van der Waals surface area contributed by atoms with E-state index in [1.165, 1.54) is 0 Å². The highest BCUT2D eigenvalue weighted by Crippen LogP contribution is 2.14. The quantitative estimate of drug-likeness (QED) is 0.783. The van der Waals surface area contributed by atoms with Gasteiger partial charge in [0, 0.05) is 17.6 Å². The molecule has 4 heteroatoms. The average Bonchev–Trinajstić information content (AvgIpc) is 2.71. The van der Waals surface area contributed by atoms with Gasteiger partial charge in [0.05, 0.1) is 5.69 Å². The predicted octanol–water partition coefficient (Wildman–Crippen LogP) is 2.87. The van der Waals surface area contributed by atoms with Crippen LogP contribution in [0.25, 0.3) is 0 Å². The van der Waals surface area contributed by atoms with Gasteiger partial charge in [-0.05, 0) is 36.8 Å². The molecule has 0 aliphatic heterocycles. The number of hydrogen-bond donors (Lipinski definition) is 0. The molecule has 0 unspecified atom stereocenters. The Balaban J connectivity index is 2.36. The molecule has 0 saturated heterocycles. The van der Waals surface area contributed by atoms with Gasteiger partial charge >= 0.3 is 0 Å². The van der Waals surface area contributed by atoms with Gasteiger partial charge in [0.15, 0.2) is 0 Å². The Hall–Kier alpha value is -1.61. The molecule has 0 atom stereocenters. The molecule has 2 rings (SSSR count). The van der Waals surface area contributed by atoms with E-state index in [4.69, 9.17) is 11.6 Å². The summed E-state index contributed by atoms with van der Waals surface area (Å²) in [5.74, 6) is -0.0311. The van der Waals surface area contributed by atoms with Crippen LogP contribution in [-0.2, 0) is 13.5 Å². The van der Waals surface area contributed by atoms with Crippen molar-refractivity contribution >= 4 is 17.4 Å². The van der Waals surface area contributed by atoms with Crippen molar-refractivity contribution in [2.45, 2.75) is 13.3 Å². The van der Waals surface area contributed by atoms with Gasteiger partial charge in [-0.2, -0.15) is 5.10 Å². The highest BCUT2D eigenvalue weighted by molar-refractivity contribution is 6.30. The van der Waals surface area contributed by atoms with Crippen molar-refractivity contribution in [3.05, 3.63) is 52.3 Å². The topological polar surface area (TPSA) is 34.9 Å². The van der Waals surface area contributed by atoms with E-state index in [1.54, 1.807) is 36.0 Å². The molecule has 0 radical (unpaired) electrons. The average molecular weight is 249 g/mol. The summed E-state index contributed by atoms with van der Waals surface area (Å²) in [6.07, 6.45) is 0.821. The van der Waals surface area contributed by atoms with Crippen molar-refractivity contribution in [2.24, 2.45) is 7.05 Å².